The van der Waals surface area contributed by atoms with Gasteiger partial charge in [0.2, 0.25) is 0 Å². The number of aliphatic hydroxyl groups excluding tert-OH is 1. The normalized spacial score (nSPS) is 20.0. The summed E-state index contributed by atoms with van der Waals surface area (Å²) in [5.74, 6) is 0. The molecule has 22 heavy (non-hydrogen) atoms. The number of aliphatic hydroxyl groups is 1. The van der Waals surface area contributed by atoms with E-state index in [1.165, 1.54) is 0 Å². The number of nitrogens with zero attached hydrogens (tertiary/aromatic N) is 1. The first-order valence-electron chi connectivity index (χ1n) is 7.17. The van der Waals surface area contributed by atoms with Crippen molar-refractivity contribution in [2.75, 3.05) is 12.3 Å². The topological polar surface area (TPSA) is 88.5 Å². The van der Waals surface area contributed by atoms with Crippen molar-refractivity contribution in [1.82, 2.24) is 0 Å². The van der Waals surface area contributed by atoms with E-state index in [0.29, 0.717) is 22.3 Å². The molecule has 116 valence electrons. The van der Waals surface area contributed by atoms with Crippen LogP contribution < -0.4 is 5.73 Å². The van der Waals surface area contributed by atoms with Crippen LogP contribution >= 0.6 is 0 Å². The second-order valence-corrected chi connectivity index (χ2v) is 6.39. The maximum atomic E-state index is 9.68. The first-order chi connectivity index (χ1) is 10.2. The molecule has 5 nitrogen and oxygen atoms in total. The summed E-state index contributed by atoms with van der Waals surface area (Å²) < 4.78 is 11.9. The Morgan fingerprint density at radius 1 is 1.32 bits per heavy atom. The SMILES string of the molecule is CC1(C)OB(C(=Cc2cccc(N)c2C#N)CO)OC1(C)C. The van der Waals surface area contributed by atoms with Gasteiger partial charge in [0.25, 0.3) is 0 Å². The van der Waals surface area contributed by atoms with Crippen LogP contribution in [0.15, 0.2) is 23.7 Å². The maximum Gasteiger partial charge on any atom is 0.492 e. The van der Waals surface area contributed by atoms with Gasteiger partial charge in [0, 0.05) is 0 Å². The third kappa shape index (κ3) is 2.88. The predicted octanol–water partition coefficient (Wildman–Crippen LogP) is 2.15. The molecule has 0 unspecified atom stereocenters. The molecule has 0 saturated carbocycles. The van der Waals surface area contributed by atoms with Crippen LogP contribution in [0.2, 0.25) is 0 Å². The summed E-state index contributed by atoms with van der Waals surface area (Å²) in [6.07, 6.45) is 1.71. The Labute approximate surface area is 131 Å². The van der Waals surface area contributed by atoms with Crippen molar-refractivity contribution >= 4 is 18.9 Å². The summed E-state index contributed by atoms with van der Waals surface area (Å²) in [5.41, 5.74) is 6.82. The molecule has 0 atom stereocenters. The van der Waals surface area contributed by atoms with Gasteiger partial charge in [-0.25, -0.2) is 0 Å². The van der Waals surface area contributed by atoms with Crippen LogP contribution in [-0.2, 0) is 9.31 Å². The highest BCUT2D eigenvalue weighted by Crippen LogP contribution is 2.38. The van der Waals surface area contributed by atoms with Gasteiger partial charge in [-0.2, -0.15) is 5.26 Å². The summed E-state index contributed by atoms with van der Waals surface area (Å²) in [6.45, 7) is 7.56. The number of hydrogen-bond acceptors (Lipinski definition) is 5. The van der Waals surface area contributed by atoms with Gasteiger partial charge in [-0.1, -0.05) is 18.2 Å². The molecular formula is C16H21BN2O3. The van der Waals surface area contributed by atoms with Crippen LogP contribution in [0.4, 0.5) is 5.69 Å². The van der Waals surface area contributed by atoms with Crippen molar-refractivity contribution in [3.8, 4) is 6.07 Å². The fourth-order valence-corrected chi connectivity index (χ4v) is 2.22. The average molecular weight is 300 g/mol. The zero-order valence-electron chi connectivity index (χ0n) is 13.4. The molecular weight excluding hydrogens is 279 g/mol. The number of rotatable bonds is 3. The van der Waals surface area contributed by atoms with E-state index in [-0.39, 0.29) is 6.61 Å². The lowest BCUT2D eigenvalue weighted by Gasteiger charge is -2.32. The van der Waals surface area contributed by atoms with E-state index < -0.39 is 18.3 Å². The van der Waals surface area contributed by atoms with Crippen LogP contribution in [-0.4, -0.2) is 30.0 Å². The third-order valence-electron chi connectivity index (χ3n) is 4.32. The van der Waals surface area contributed by atoms with Gasteiger partial charge in [0.1, 0.15) is 6.07 Å². The highest BCUT2D eigenvalue weighted by molar-refractivity contribution is 6.55. The summed E-state index contributed by atoms with van der Waals surface area (Å²) in [7, 11) is -0.650. The van der Waals surface area contributed by atoms with Crippen LogP contribution in [0.5, 0.6) is 0 Å². The average Bonchev–Trinajstić information content (AvgIpc) is 2.64. The van der Waals surface area contributed by atoms with Crippen molar-refractivity contribution in [2.45, 2.75) is 38.9 Å². The first-order valence-corrected chi connectivity index (χ1v) is 7.17. The van der Waals surface area contributed by atoms with E-state index >= 15 is 0 Å². The molecule has 0 bridgehead atoms. The summed E-state index contributed by atoms with van der Waals surface area (Å²) in [4.78, 5) is 0. The van der Waals surface area contributed by atoms with Crippen molar-refractivity contribution in [3.05, 3.63) is 34.8 Å². The maximum absolute atomic E-state index is 9.68. The Morgan fingerprint density at radius 3 is 2.41 bits per heavy atom. The highest BCUT2D eigenvalue weighted by Gasteiger charge is 2.52. The lowest BCUT2D eigenvalue weighted by molar-refractivity contribution is 0.00578. The van der Waals surface area contributed by atoms with Crippen molar-refractivity contribution < 1.29 is 14.4 Å². The molecule has 1 aliphatic heterocycles. The summed E-state index contributed by atoms with van der Waals surface area (Å²) >= 11 is 0. The van der Waals surface area contributed by atoms with Gasteiger partial charge >= 0.3 is 7.12 Å². The monoisotopic (exact) mass is 300 g/mol. The summed E-state index contributed by atoms with van der Waals surface area (Å²) in [6, 6.07) is 7.29. The van der Waals surface area contributed by atoms with Crippen LogP contribution in [0.25, 0.3) is 6.08 Å². The van der Waals surface area contributed by atoms with Gasteiger partial charge in [0.15, 0.2) is 0 Å². The smallest absolute Gasteiger partial charge is 0.400 e. The number of nitriles is 1. The molecule has 0 radical (unpaired) electrons. The molecule has 0 amide bonds. The molecule has 1 saturated heterocycles. The minimum absolute atomic E-state index is 0.226. The predicted molar refractivity (Wildman–Crippen MR) is 86.7 cm³/mol. The van der Waals surface area contributed by atoms with E-state index in [9.17, 15) is 10.4 Å². The van der Waals surface area contributed by atoms with E-state index in [1.54, 1.807) is 24.3 Å². The largest absolute Gasteiger partial charge is 0.492 e. The molecule has 3 N–H and O–H groups in total. The Morgan fingerprint density at radius 2 is 1.91 bits per heavy atom. The number of nitrogen functional groups attached to an aromatic ring is 1. The zero-order chi connectivity index (χ0) is 16.5. The number of hydrogen-bond donors (Lipinski definition) is 2. The van der Waals surface area contributed by atoms with E-state index in [0.717, 1.165) is 0 Å². The van der Waals surface area contributed by atoms with Gasteiger partial charge in [-0.15, -0.1) is 0 Å². The minimum Gasteiger partial charge on any atom is -0.400 e. The van der Waals surface area contributed by atoms with Crippen molar-refractivity contribution in [1.29, 1.82) is 5.26 Å². The number of nitrogens with two attached hydrogens (primary N) is 1. The van der Waals surface area contributed by atoms with E-state index in [2.05, 4.69) is 6.07 Å². The number of anilines is 1. The minimum atomic E-state index is -0.650. The lowest BCUT2D eigenvalue weighted by Crippen LogP contribution is -2.41. The molecule has 1 aromatic carbocycles. The Kier molecular flexibility index (Phi) is 4.34. The zero-order valence-corrected chi connectivity index (χ0v) is 13.4. The number of benzene rings is 1. The standard InChI is InChI=1S/C16H21BN2O3/c1-15(2)16(3,4)22-17(21-15)12(10-20)8-11-6-5-7-14(19)13(11)9-18/h5-8,20H,10,19H2,1-4H3. The summed E-state index contributed by atoms with van der Waals surface area (Å²) in [5, 5.41) is 18.9. The third-order valence-corrected chi connectivity index (χ3v) is 4.32. The first kappa shape index (κ1) is 16.6. The Hall–Kier alpha value is -1.81. The van der Waals surface area contributed by atoms with E-state index in [4.69, 9.17) is 15.0 Å². The highest BCUT2D eigenvalue weighted by atomic mass is 16.7. The molecule has 0 aromatic heterocycles. The lowest BCUT2D eigenvalue weighted by atomic mass is 9.77. The molecule has 2 rings (SSSR count). The van der Waals surface area contributed by atoms with Crippen LogP contribution in [0.1, 0.15) is 38.8 Å². The molecule has 1 heterocycles. The van der Waals surface area contributed by atoms with E-state index in [1.807, 2.05) is 27.7 Å². The molecule has 0 aliphatic carbocycles. The second kappa shape index (κ2) is 5.77. The van der Waals surface area contributed by atoms with Gasteiger partial charge in [-0.3, -0.25) is 0 Å². The molecule has 0 spiro atoms. The van der Waals surface area contributed by atoms with Crippen LogP contribution in [0.3, 0.4) is 0 Å². The Balaban J connectivity index is 2.39. The molecule has 1 fully saturated rings. The van der Waals surface area contributed by atoms with Crippen molar-refractivity contribution in [2.24, 2.45) is 0 Å². The van der Waals surface area contributed by atoms with Crippen molar-refractivity contribution in [3.63, 3.8) is 0 Å². The molecule has 1 aromatic rings. The van der Waals surface area contributed by atoms with Gasteiger partial charge < -0.3 is 20.1 Å². The van der Waals surface area contributed by atoms with Crippen LogP contribution in [0, 0.1) is 11.3 Å². The second-order valence-electron chi connectivity index (χ2n) is 6.39. The fraction of sp³-hybridized carbons (Fsp3) is 0.438. The quantitative estimate of drug-likeness (QED) is 0.659. The van der Waals surface area contributed by atoms with Gasteiger partial charge in [0.05, 0.1) is 29.1 Å². The molecule has 1 aliphatic rings. The fourth-order valence-electron chi connectivity index (χ4n) is 2.22. The van der Waals surface area contributed by atoms with Gasteiger partial charge in [-0.05, 0) is 44.8 Å². The Bertz CT molecular complexity index is 631. The molecule has 6 heteroatoms.